The lowest BCUT2D eigenvalue weighted by molar-refractivity contribution is -0.385. The average Bonchev–Trinajstić information content (AvgIpc) is 2.72. The Kier molecular flexibility index (Phi) is 8.15. The quantitative estimate of drug-likeness (QED) is 0.117. The van der Waals surface area contributed by atoms with Crippen LogP contribution in [0.1, 0.15) is 27.6 Å². The number of carbonyl (C=O) groups is 2. The first-order valence-electron chi connectivity index (χ1n) is 9.09. The summed E-state index contributed by atoms with van der Waals surface area (Å²) < 4.78 is 67.8. The van der Waals surface area contributed by atoms with Gasteiger partial charge >= 0.3 is 27.3 Å². The van der Waals surface area contributed by atoms with E-state index in [1.54, 1.807) is 20.2 Å². The van der Waals surface area contributed by atoms with Crippen LogP contribution in [-0.2, 0) is 14.9 Å². The van der Waals surface area contributed by atoms with Crippen molar-refractivity contribution in [2.75, 3.05) is 19.0 Å². The van der Waals surface area contributed by atoms with Crippen molar-refractivity contribution in [3.63, 3.8) is 0 Å². The lowest BCUT2D eigenvalue weighted by Crippen LogP contribution is -2.42. The molecule has 34 heavy (non-hydrogen) atoms. The molecule has 0 spiro atoms. The van der Waals surface area contributed by atoms with E-state index in [0.29, 0.717) is 6.92 Å². The third kappa shape index (κ3) is 5.95. The van der Waals surface area contributed by atoms with Crippen molar-refractivity contribution in [3.8, 4) is 5.75 Å². The van der Waals surface area contributed by atoms with E-state index in [0.717, 1.165) is 27.5 Å². The van der Waals surface area contributed by atoms with Crippen molar-refractivity contribution in [1.29, 1.82) is 0 Å². The molecule has 1 N–H and O–H groups in total. The first-order chi connectivity index (χ1) is 15.6. The maximum Gasteiger partial charge on any atom is 0.405 e. The molecule has 0 aromatic heterocycles. The Morgan fingerprint density at radius 1 is 1.18 bits per heavy atom. The standard InChI is InChI=1S/C19H17F2IN2O9S/c1-10(19(20,21)34(29,30)31)32-18(26)13-9-12(5-7-15(13)24(27)28)33-17(25)11-4-6-16(23(2)3)14(22)8-11/h4-10H,1-3H3,(H,29,30,31). The van der Waals surface area contributed by atoms with Crippen LogP contribution in [-0.4, -0.2) is 55.3 Å². The normalized spacial score (nSPS) is 12.6. The number of anilines is 1. The smallest absolute Gasteiger partial charge is 0.405 e. The zero-order valence-electron chi connectivity index (χ0n) is 17.7. The number of esters is 2. The Bertz CT molecular complexity index is 1250. The van der Waals surface area contributed by atoms with Crippen LogP contribution in [0.4, 0.5) is 20.2 Å². The molecule has 2 aromatic carbocycles. The van der Waals surface area contributed by atoms with Crippen molar-refractivity contribution in [2.45, 2.75) is 18.3 Å². The third-order valence-electron chi connectivity index (χ3n) is 4.36. The summed E-state index contributed by atoms with van der Waals surface area (Å²) >= 11 is 2.01. The molecule has 184 valence electrons. The number of ether oxygens (including phenoxy) is 2. The molecule has 15 heteroatoms. The Hall–Kier alpha value is -2.92. The van der Waals surface area contributed by atoms with Gasteiger partial charge in [-0.25, -0.2) is 9.59 Å². The summed E-state index contributed by atoms with van der Waals surface area (Å²) in [4.78, 5) is 36.9. The molecular formula is C19H17F2IN2O9S. The molecule has 0 aliphatic carbocycles. The highest BCUT2D eigenvalue weighted by Crippen LogP contribution is 2.31. The van der Waals surface area contributed by atoms with Gasteiger partial charge in [-0.05, 0) is 53.8 Å². The summed E-state index contributed by atoms with van der Waals surface area (Å²) in [5, 5.41) is 6.37. The summed E-state index contributed by atoms with van der Waals surface area (Å²) in [6, 6.07) is 7.16. The predicted molar refractivity (Wildman–Crippen MR) is 123 cm³/mol. The highest BCUT2D eigenvalue weighted by atomic mass is 127. The van der Waals surface area contributed by atoms with Gasteiger partial charge < -0.3 is 14.4 Å². The third-order valence-corrected chi connectivity index (χ3v) is 6.25. The van der Waals surface area contributed by atoms with Gasteiger partial charge in [-0.15, -0.1) is 0 Å². The molecule has 0 radical (unpaired) electrons. The molecule has 0 saturated carbocycles. The number of hydrogen-bond donors (Lipinski definition) is 1. The number of rotatable bonds is 8. The highest BCUT2D eigenvalue weighted by molar-refractivity contribution is 14.1. The number of nitro benzene ring substituents is 1. The Morgan fingerprint density at radius 3 is 2.29 bits per heavy atom. The fourth-order valence-electron chi connectivity index (χ4n) is 2.57. The van der Waals surface area contributed by atoms with E-state index in [1.807, 2.05) is 27.5 Å². The number of halogens is 3. The SMILES string of the molecule is CC(OC(=O)c1cc(OC(=O)c2ccc(N(C)C)c(I)c2)ccc1[N+](=O)[O-])C(F)(F)S(=O)(=O)O. The van der Waals surface area contributed by atoms with Gasteiger partial charge in [0.15, 0.2) is 6.10 Å². The number of nitrogens with zero attached hydrogens (tertiary/aromatic N) is 2. The van der Waals surface area contributed by atoms with Crippen molar-refractivity contribution >= 4 is 56.0 Å². The highest BCUT2D eigenvalue weighted by Gasteiger charge is 2.52. The van der Waals surface area contributed by atoms with Crippen LogP contribution in [0.25, 0.3) is 0 Å². The largest absolute Gasteiger partial charge is 0.451 e. The number of nitro groups is 1. The van der Waals surface area contributed by atoms with Crippen LogP contribution in [0.2, 0.25) is 0 Å². The van der Waals surface area contributed by atoms with Gasteiger partial charge in [0, 0.05) is 35.5 Å². The molecule has 1 unspecified atom stereocenters. The molecule has 0 saturated heterocycles. The van der Waals surface area contributed by atoms with E-state index in [4.69, 9.17) is 9.29 Å². The maximum atomic E-state index is 13.7. The monoisotopic (exact) mass is 614 g/mol. The van der Waals surface area contributed by atoms with E-state index < -0.39 is 49.6 Å². The second kappa shape index (κ2) is 10.1. The first-order valence-corrected chi connectivity index (χ1v) is 11.6. The zero-order chi connectivity index (χ0) is 26.0. The fourth-order valence-corrected chi connectivity index (χ4v) is 4.03. The summed E-state index contributed by atoms with van der Waals surface area (Å²) in [6.07, 6.45) is -2.70. The average molecular weight is 614 g/mol. The van der Waals surface area contributed by atoms with Gasteiger partial charge in [-0.3, -0.25) is 14.7 Å². The minimum Gasteiger partial charge on any atom is -0.451 e. The van der Waals surface area contributed by atoms with Gasteiger partial charge in [-0.1, -0.05) is 0 Å². The molecule has 0 amide bonds. The van der Waals surface area contributed by atoms with Crippen molar-refractivity contribution < 1.29 is 45.7 Å². The van der Waals surface area contributed by atoms with Crippen molar-refractivity contribution in [3.05, 3.63) is 61.2 Å². The molecule has 2 rings (SSSR count). The minimum atomic E-state index is -5.94. The Morgan fingerprint density at radius 2 is 1.79 bits per heavy atom. The molecule has 0 fully saturated rings. The lowest BCUT2D eigenvalue weighted by atomic mass is 10.1. The molecule has 1 atom stereocenters. The Balaban J connectivity index is 2.34. The van der Waals surface area contributed by atoms with E-state index in [-0.39, 0.29) is 11.3 Å². The predicted octanol–water partition coefficient (Wildman–Crippen LogP) is 3.51. The molecule has 11 nitrogen and oxygen atoms in total. The summed E-state index contributed by atoms with van der Waals surface area (Å²) in [7, 11) is -2.33. The van der Waals surface area contributed by atoms with Crippen LogP contribution >= 0.6 is 22.6 Å². The number of hydrogen-bond acceptors (Lipinski definition) is 9. The fraction of sp³-hybridized carbons (Fsp3) is 0.263. The molecule has 0 aliphatic rings. The summed E-state index contributed by atoms with van der Waals surface area (Å²) in [5.41, 5.74) is -0.810. The van der Waals surface area contributed by atoms with Crippen LogP contribution in [0.15, 0.2) is 36.4 Å². The van der Waals surface area contributed by atoms with Gasteiger partial charge in [0.05, 0.1) is 10.5 Å². The van der Waals surface area contributed by atoms with E-state index in [1.165, 1.54) is 12.1 Å². The van der Waals surface area contributed by atoms with Gasteiger partial charge in [-0.2, -0.15) is 17.2 Å². The minimum absolute atomic E-state index is 0.124. The van der Waals surface area contributed by atoms with Crippen LogP contribution < -0.4 is 9.64 Å². The first kappa shape index (κ1) is 27.3. The second-order valence-corrected chi connectivity index (χ2v) is 9.63. The summed E-state index contributed by atoms with van der Waals surface area (Å²) in [6.45, 7) is 0.473. The van der Waals surface area contributed by atoms with Crippen LogP contribution in [0.3, 0.4) is 0 Å². The van der Waals surface area contributed by atoms with Crippen molar-refractivity contribution in [2.24, 2.45) is 0 Å². The van der Waals surface area contributed by atoms with E-state index in [9.17, 15) is 36.9 Å². The van der Waals surface area contributed by atoms with Gasteiger partial charge in [0.1, 0.15) is 11.3 Å². The Labute approximate surface area is 205 Å². The molecular weight excluding hydrogens is 597 g/mol. The van der Waals surface area contributed by atoms with Gasteiger partial charge in [0.25, 0.3) is 5.69 Å². The molecule has 0 heterocycles. The van der Waals surface area contributed by atoms with Crippen LogP contribution in [0, 0.1) is 13.7 Å². The topological polar surface area (TPSA) is 153 Å². The van der Waals surface area contributed by atoms with Crippen LogP contribution in [0.5, 0.6) is 5.75 Å². The number of benzene rings is 2. The molecule has 2 aromatic rings. The maximum absolute atomic E-state index is 13.7. The van der Waals surface area contributed by atoms with E-state index in [2.05, 4.69) is 4.74 Å². The van der Waals surface area contributed by atoms with E-state index >= 15 is 0 Å². The second-order valence-electron chi connectivity index (χ2n) is 6.97. The van der Waals surface area contributed by atoms with Gasteiger partial charge in [0.2, 0.25) is 0 Å². The lowest BCUT2D eigenvalue weighted by Gasteiger charge is -2.20. The zero-order valence-corrected chi connectivity index (χ0v) is 20.7. The molecule has 0 bridgehead atoms. The summed E-state index contributed by atoms with van der Waals surface area (Å²) in [5.74, 6) is -2.92. The molecule has 0 aliphatic heterocycles. The number of carbonyl (C=O) groups excluding carboxylic acids is 2. The van der Waals surface area contributed by atoms with Crippen molar-refractivity contribution in [1.82, 2.24) is 0 Å². The number of alkyl halides is 2.